The van der Waals surface area contributed by atoms with E-state index in [-0.39, 0.29) is 5.41 Å². The fourth-order valence-electron chi connectivity index (χ4n) is 4.20. The first-order chi connectivity index (χ1) is 13.6. The van der Waals surface area contributed by atoms with E-state index in [2.05, 4.69) is 24.0 Å². The van der Waals surface area contributed by atoms with E-state index in [0.717, 1.165) is 56.1 Å². The van der Waals surface area contributed by atoms with Gasteiger partial charge in [-0.2, -0.15) is 4.98 Å². The number of carbonyl (C=O) groups is 1. The second-order valence-electron chi connectivity index (χ2n) is 8.90. The molecule has 150 valence electrons. The number of hydrogen-bond donors (Lipinski definition) is 0. The fraction of sp³-hybridized carbons (Fsp3) is 0.636. The molecule has 0 unspecified atom stereocenters. The number of pyridine rings is 1. The lowest BCUT2D eigenvalue weighted by molar-refractivity contribution is -0.133. The average molecular weight is 383 g/mol. The largest absolute Gasteiger partial charge is 0.343 e. The monoisotopic (exact) mass is 382 g/mol. The summed E-state index contributed by atoms with van der Waals surface area (Å²) in [7, 11) is 0. The molecule has 6 heteroatoms. The molecule has 0 atom stereocenters. The molecule has 0 spiro atoms. The number of amides is 1. The van der Waals surface area contributed by atoms with Crippen molar-refractivity contribution in [1.82, 2.24) is 20.0 Å². The SMILES string of the molecule is CC(C)CCC(=O)N1CCC(CC2CC2)(c2noc(-c3ccncc3)n2)CC1. The van der Waals surface area contributed by atoms with Crippen molar-refractivity contribution < 1.29 is 9.32 Å². The van der Waals surface area contributed by atoms with E-state index in [4.69, 9.17) is 9.51 Å². The normalized spacial score (nSPS) is 19.2. The minimum Gasteiger partial charge on any atom is -0.343 e. The Balaban J connectivity index is 1.48. The summed E-state index contributed by atoms with van der Waals surface area (Å²) in [6, 6.07) is 3.78. The summed E-state index contributed by atoms with van der Waals surface area (Å²) in [4.78, 5) is 23.4. The molecule has 2 aromatic rings. The van der Waals surface area contributed by atoms with Gasteiger partial charge in [0.15, 0.2) is 5.82 Å². The summed E-state index contributed by atoms with van der Waals surface area (Å²) in [6.45, 7) is 5.92. The van der Waals surface area contributed by atoms with Crippen LogP contribution < -0.4 is 0 Å². The lowest BCUT2D eigenvalue weighted by Crippen LogP contribution is -2.46. The molecule has 1 saturated carbocycles. The van der Waals surface area contributed by atoms with Gasteiger partial charge in [-0.05, 0) is 49.7 Å². The maximum atomic E-state index is 12.5. The summed E-state index contributed by atoms with van der Waals surface area (Å²) in [5, 5.41) is 4.39. The third-order valence-electron chi connectivity index (χ3n) is 6.21. The van der Waals surface area contributed by atoms with Crippen LogP contribution in [0.3, 0.4) is 0 Å². The Morgan fingerprint density at radius 2 is 1.96 bits per heavy atom. The third-order valence-corrected chi connectivity index (χ3v) is 6.21. The van der Waals surface area contributed by atoms with Crippen molar-refractivity contribution in [2.45, 2.75) is 64.2 Å². The predicted molar refractivity (Wildman–Crippen MR) is 106 cm³/mol. The number of piperidine rings is 1. The molecule has 1 amide bonds. The van der Waals surface area contributed by atoms with E-state index in [1.807, 2.05) is 17.0 Å². The van der Waals surface area contributed by atoms with E-state index in [1.54, 1.807) is 12.4 Å². The maximum Gasteiger partial charge on any atom is 0.258 e. The molecule has 0 radical (unpaired) electrons. The van der Waals surface area contributed by atoms with Crippen LogP contribution in [0.15, 0.2) is 29.0 Å². The number of rotatable bonds is 7. The standard InChI is InChI=1S/C22H30N4O2/c1-16(2)3-6-19(27)26-13-9-22(10-14-26,15-17-4-5-17)21-24-20(28-25-21)18-7-11-23-12-8-18/h7-8,11-12,16-17H,3-6,9-10,13-15H2,1-2H3. The first-order valence-electron chi connectivity index (χ1n) is 10.6. The van der Waals surface area contributed by atoms with Crippen LogP contribution in [0.4, 0.5) is 0 Å². The van der Waals surface area contributed by atoms with Crippen LogP contribution in [0.2, 0.25) is 0 Å². The van der Waals surface area contributed by atoms with Gasteiger partial charge < -0.3 is 9.42 Å². The van der Waals surface area contributed by atoms with Crippen LogP contribution in [0.5, 0.6) is 0 Å². The quantitative estimate of drug-likeness (QED) is 0.717. The maximum absolute atomic E-state index is 12.5. The minimum atomic E-state index is -0.0647. The highest BCUT2D eigenvalue weighted by Gasteiger charge is 2.44. The molecule has 0 N–H and O–H groups in total. The molecule has 2 aliphatic rings. The summed E-state index contributed by atoms with van der Waals surface area (Å²) < 4.78 is 5.60. The Hall–Kier alpha value is -2.24. The van der Waals surface area contributed by atoms with Gasteiger partial charge in [-0.25, -0.2) is 0 Å². The first-order valence-corrected chi connectivity index (χ1v) is 10.6. The van der Waals surface area contributed by atoms with Gasteiger partial charge in [-0.3, -0.25) is 9.78 Å². The Morgan fingerprint density at radius 3 is 2.61 bits per heavy atom. The van der Waals surface area contributed by atoms with E-state index >= 15 is 0 Å². The zero-order valence-electron chi connectivity index (χ0n) is 16.9. The second-order valence-corrected chi connectivity index (χ2v) is 8.90. The molecule has 28 heavy (non-hydrogen) atoms. The van der Waals surface area contributed by atoms with E-state index < -0.39 is 0 Å². The van der Waals surface area contributed by atoms with Crippen LogP contribution in [-0.2, 0) is 10.2 Å². The van der Waals surface area contributed by atoms with Crippen LogP contribution in [-0.4, -0.2) is 39.0 Å². The molecule has 1 saturated heterocycles. The van der Waals surface area contributed by atoms with Crippen LogP contribution in [0.1, 0.15) is 64.6 Å². The van der Waals surface area contributed by atoms with Crippen LogP contribution in [0.25, 0.3) is 11.5 Å². The highest BCUT2D eigenvalue weighted by Crippen LogP contribution is 2.46. The number of nitrogens with zero attached hydrogens (tertiary/aromatic N) is 4. The van der Waals surface area contributed by atoms with Gasteiger partial charge in [0.05, 0.1) is 0 Å². The Labute approximate surface area is 166 Å². The van der Waals surface area contributed by atoms with Crippen molar-refractivity contribution in [2.24, 2.45) is 11.8 Å². The minimum absolute atomic E-state index is 0.0647. The smallest absolute Gasteiger partial charge is 0.258 e. The molecule has 2 fully saturated rings. The van der Waals surface area contributed by atoms with Gasteiger partial charge in [0.1, 0.15) is 0 Å². The Morgan fingerprint density at radius 1 is 1.25 bits per heavy atom. The van der Waals surface area contributed by atoms with Gasteiger partial charge in [-0.15, -0.1) is 0 Å². The zero-order chi connectivity index (χ0) is 19.6. The predicted octanol–water partition coefficient (Wildman–Crippen LogP) is 4.23. The Bertz CT molecular complexity index is 790. The lowest BCUT2D eigenvalue weighted by atomic mass is 9.73. The van der Waals surface area contributed by atoms with Gasteiger partial charge >= 0.3 is 0 Å². The van der Waals surface area contributed by atoms with E-state index in [0.29, 0.717) is 24.1 Å². The Kier molecular flexibility index (Phi) is 5.47. The fourth-order valence-corrected chi connectivity index (χ4v) is 4.20. The molecule has 1 aliphatic heterocycles. The molecular weight excluding hydrogens is 352 g/mol. The highest BCUT2D eigenvalue weighted by molar-refractivity contribution is 5.76. The van der Waals surface area contributed by atoms with Crippen LogP contribution >= 0.6 is 0 Å². The second kappa shape index (κ2) is 8.02. The van der Waals surface area contributed by atoms with E-state index in [9.17, 15) is 4.79 Å². The number of hydrogen-bond acceptors (Lipinski definition) is 5. The number of likely N-dealkylation sites (tertiary alicyclic amines) is 1. The average Bonchev–Trinajstić information content (AvgIpc) is 3.37. The highest BCUT2D eigenvalue weighted by atomic mass is 16.5. The summed E-state index contributed by atoms with van der Waals surface area (Å²) >= 11 is 0. The van der Waals surface area contributed by atoms with Crippen molar-refractivity contribution in [3.05, 3.63) is 30.4 Å². The topological polar surface area (TPSA) is 72.1 Å². The van der Waals surface area contributed by atoms with Crippen molar-refractivity contribution >= 4 is 5.91 Å². The van der Waals surface area contributed by atoms with Crippen LogP contribution in [0, 0.1) is 11.8 Å². The van der Waals surface area contributed by atoms with Crippen molar-refractivity contribution in [3.63, 3.8) is 0 Å². The summed E-state index contributed by atoms with van der Waals surface area (Å²) in [5.74, 6) is 3.00. The first kappa shape index (κ1) is 19.1. The zero-order valence-corrected chi connectivity index (χ0v) is 16.9. The van der Waals surface area contributed by atoms with Gasteiger partial charge in [-0.1, -0.05) is 31.8 Å². The lowest BCUT2D eigenvalue weighted by Gasteiger charge is -2.40. The third kappa shape index (κ3) is 4.26. The van der Waals surface area contributed by atoms with Crippen molar-refractivity contribution in [3.8, 4) is 11.5 Å². The number of carbonyl (C=O) groups excluding carboxylic acids is 1. The van der Waals surface area contributed by atoms with Crippen molar-refractivity contribution in [1.29, 1.82) is 0 Å². The van der Waals surface area contributed by atoms with Gasteiger partial charge in [0.25, 0.3) is 5.89 Å². The number of aromatic nitrogens is 3. The molecule has 1 aliphatic carbocycles. The molecule has 6 nitrogen and oxygen atoms in total. The molecule has 3 heterocycles. The summed E-state index contributed by atoms with van der Waals surface area (Å²) in [5.41, 5.74) is 0.835. The summed E-state index contributed by atoms with van der Waals surface area (Å²) in [6.07, 6.45) is 10.6. The molecule has 0 bridgehead atoms. The van der Waals surface area contributed by atoms with E-state index in [1.165, 1.54) is 12.8 Å². The molecular formula is C22H30N4O2. The van der Waals surface area contributed by atoms with Gasteiger partial charge in [0, 0.05) is 42.9 Å². The molecule has 2 aromatic heterocycles. The van der Waals surface area contributed by atoms with Crippen molar-refractivity contribution in [2.75, 3.05) is 13.1 Å². The molecule has 0 aromatic carbocycles. The van der Waals surface area contributed by atoms with Gasteiger partial charge in [0.2, 0.25) is 5.91 Å². The molecule has 4 rings (SSSR count).